The molecule has 0 aliphatic heterocycles. The Labute approximate surface area is 108 Å². The van der Waals surface area contributed by atoms with Gasteiger partial charge in [-0.1, -0.05) is 51.8 Å². The van der Waals surface area contributed by atoms with Crippen LogP contribution in [0.2, 0.25) is 0 Å². The molecule has 0 heteroatoms. The van der Waals surface area contributed by atoms with Crippen LogP contribution in [-0.4, -0.2) is 0 Å². The van der Waals surface area contributed by atoms with E-state index in [1.54, 1.807) is 0 Å². The molecule has 1 aliphatic carbocycles. The summed E-state index contributed by atoms with van der Waals surface area (Å²) in [6.07, 6.45) is 9.98. The van der Waals surface area contributed by atoms with Crippen molar-refractivity contribution in [3.63, 3.8) is 0 Å². The molecule has 1 rings (SSSR count). The molecule has 0 nitrogen and oxygen atoms in total. The zero-order chi connectivity index (χ0) is 12.8. The van der Waals surface area contributed by atoms with Gasteiger partial charge in [-0.05, 0) is 49.4 Å². The first-order valence-corrected chi connectivity index (χ1v) is 7.40. The Hall–Kier alpha value is -0.520. The third-order valence-corrected chi connectivity index (χ3v) is 4.80. The summed E-state index contributed by atoms with van der Waals surface area (Å²) >= 11 is 0. The van der Waals surface area contributed by atoms with E-state index in [-0.39, 0.29) is 0 Å². The smallest absolute Gasteiger partial charge is 0.0172 e. The molecular weight excluding hydrogens is 204 g/mol. The Balaban J connectivity index is 2.56. The van der Waals surface area contributed by atoms with Crippen LogP contribution in [0.15, 0.2) is 24.8 Å². The van der Waals surface area contributed by atoms with Gasteiger partial charge in [0, 0.05) is 0 Å². The highest BCUT2D eigenvalue weighted by molar-refractivity contribution is 5.08. The summed E-state index contributed by atoms with van der Waals surface area (Å²) in [7, 11) is 0. The van der Waals surface area contributed by atoms with E-state index in [0.29, 0.717) is 5.92 Å². The van der Waals surface area contributed by atoms with Crippen LogP contribution in [0.4, 0.5) is 0 Å². The van der Waals surface area contributed by atoms with Gasteiger partial charge in [0.1, 0.15) is 0 Å². The molecular formula is C17H30. The normalized spacial score (nSPS) is 31.2. The quantitative estimate of drug-likeness (QED) is 0.524. The maximum atomic E-state index is 4.31. The van der Waals surface area contributed by atoms with Crippen molar-refractivity contribution >= 4 is 0 Å². The van der Waals surface area contributed by atoms with Gasteiger partial charge in [-0.2, -0.15) is 0 Å². The van der Waals surface area contributed by atoms with Crippen molar-refractivity contribution in [1.29, 1.82) is 0 Å². The first kappa shape index (κ1) is 14.5. The van der Waals surface area contributed by atoms with Crippen LogP contribution in [0.25, 0.3) is 0 Å². The van der Waals surface area contributed by atoms with Crippen molar-refractivity contribution in [1.82, 2.24) is 0 Å². The van der Waals surface area contributed by atoms with Crippen LogP contribution in [0.3, 0.4) is 0 Å². The van der Waals surface area contributed by atoms with E-state index in [0.717, 1.165) is 17.8 Å². The fourth-order valence-electron chi connectivity index (χ4n) is 3.14. The Morgan fingerprint density at radius 2 is 2.12 bits per heavy atom. The minimum absolute atomic E-state index is 0.699. The van der Waals surface area contributed by atoms with E-state index in [9.17, 15) is 0 Å². The van der Waals surface area contributed by atoms with Crippen LogP contribution >= 0.6 is 0 Å². The average molecular weight is 234 g/mol. The lowest BCUT2D eigenvalue weighted by Crippen LogP contribution is -2.27. The maximum Gasteiger partial charge on any atom is -0.0172 e. The molecule has 17 heavy (non-hydrogen) atoms. The van der Waals surface area contributed by atoms with Crippen molar-refractivity contribution in [2.75, 3.05) is 0 Å². The molecule has 0 N–H and O–H groups in total. The van der Waals surface area contributed by atoms with Crippen LogP contribution < -0.4 is 0 Å². The van der Waals surface area contributed by atoms with Gasteiger partial charge in [0.05, 0.1) is 0 Å². The van der Waals surface area contributed by atoms with E-state index in [1.165, 1.54) is 44.1 Å². The van der Waals surface area contributed by atoms with Crippen molar-refractivity contribution in [2.24, 2.45) is 23.7 Å². The van der Waals surface area contributed by atoms with Crippen molar-refractivity contribution in [3.05, 3.63) is 24.8 Å². The van der Waals surface area contributed by atoms with E-state index >= 15 is 0 Å². The lowest BCUT2D eigenvalue weighted by atomic mass is 9.68. The second kappa shape index (κ2) is 7.03. The molecule has 0 radical (unpaired) electrons. The van der Waals surface area contributed by atoms with Gasteiger partial charge in [-0.25, -0.2) is 0 Å². The number of hydrogen-bond donors (Lipinski definition) is 0. The maximum absolute atomic E-state index is 4.31. The van der Waals surface area contributed by atoms with Gasteiger partial charge in [-0.15, -0.1) is 6.58 Å². The number of allylic oxidation sites excluding steroid dienone is 2. The third kappa shape index (κ3) is 4.01. The van der Waals surface area contributed by atoms with Crippen molar-refractivity contribution in [2.45, 2.75) is 59.3 Å². The van der Waals surface area contributed by atoms with Crippen LogP contribution in [-0.2, 0) is 0 Å². The van der Waals surface area contributed by atoms with E-state index < -0.39 is 0 Å². The molecule has 1 aliphatic rings. The minimum Gasteiger partial charge on any atom is -0.103 e. The summed E-state index contributed by atoms with van der Waals surface area (Å²) in [5, 5.41) is 0. The second-order valence-corrected chi connectivity index (χ2v) is 6.01. The average Bonchev–Trinajstić information content (AvgIpc) is 2.33. The third-order valence-electron chi connectivity index (χ3n) is 4.80. The lowest BCUT2D eigenvalue weighted by molar-refractivity contribution is 0.211. The van der Waals surface area contributed by atoms with Crippen LogP contribution in [0, 0.1) is 23.7 Å². The van der Waals surface area contributed by atoms with E-state index in [2.05, 4.69) is 40.0 Å². The van der Waals surface area contributed by atoms with Gasteiger partial charge < -0.3 is 0 Å². The fourth-order valence-corrected chi connectivity index (χ4v) is 3.14. The molecule has 0 aromatic carbocycles. The number of hydrogen-bond acceptors (Lipinski definition) is 0. The minimum atomic E-state index is 0.699. The topological polar surface area (TPSA) is 0 Å². The van der Waals surface area contributed by atoms with Gasteiger partial charge in [-0.3, -0.25) is 0 Å². The molecule has 98 valence electrons. The Kier molecular flexibility index (Phi) is 6.02. The van der Waals surface area contributed by atoms with Gasteiger partial charge >= 0.3 is 0 Å². The highest BCUT2D eigenvalue weighted by Crippen LogP contribution is 2.41. The molecule has 0 spiro atoms. The molecule has 0 amide bonds. The highest BCUT2D eigenvalue weighted by Gasteiger charge is 2.30. The molecule has 0 aromatic heterocycles. The zero-order valence-corrected chi connectivity index (χ0v) is 12.0. The summed E-state index contributed by atoms with van der Waals surface area (Å²) in [5.41, 5.74) is 1.50. The molecule has 1 fully saturated rings. The summed E-state index contributed by atoms with van der Waals surface area (Å²) < 4.78 is 0. The Morgan fingerprint density at radius 3 is 2.71 bits per heavy atom. The second-order valence-electron chi connectivity index (χ2n) is 6.01. The van der Waals surface area contributed by atoms with E-state index in [1.807, 2.05) is 0 Å². The summed E-state index contributed by atoms with van der Waals surface area (Å²) in [4.78, 5) is 0. The van der Waals surface area contributed by atoms with Gasteiger partial charge in [0.15, 0.2) is 0 Å². The highest BCUT2D eigenvalue weighted by atomic mass is 14.4. The monoisotopic (exact) mass is 234 g/mol. The SMILES string of the molecule is C=CC(CCCC)CC1C(=C)CCC(C)C1C. The van der Waals surface area contributed by atoms with Crippen LogP contribution in [0.1, 0.15) is 59.3 Å². The number of unbranched alkanes of at least 4 members (excludes halogenated alkanes) is 1. The molecule has 0 bridgehead atoms. The predicted molar refractivity (Wildman–Crippen MR) is 78.0 cm³/mol. The molecule has 0 aromatic rings. The predicted octanol–water partition coefficient (Wildman–Crippen LogP) is 5.61. The largest absolute Gasteiger partial charge is 0.103 e. The molecule has 4 atom stereocenters. The summed E-state index contributed by atoms with van der Waals surface area (Å²) in [5.74, 6) is 3.10. The first-order chi connectivity index (χ1) is 8.10. The molecule has 0 heterocycles. The Bertz CT molecular complexity index is 251. The Morgan fingerprint density at radius 1 is 1.41 bits per heavy atom. The first-order valence-electron chi connectivity index (χ1n) is 7.40. The van der Waals surface area contributed by atoms with Gasteiger partial charge in [0.25, 0.3) is 0 Å². The molecule has 1 saturated carbocycles. The van der Waals surface area contributed by atoms with Crippen molar-refractivity contribution in [3.8, 4) is 0 Å². The van der Waals surface area contributed by atoms with Gasteiger partial charge in [0.2, 0.25) is 0 Å². The van der Waals surface area contributed by atoms with Crippen molar-refractivity contribution < 1.29 is 0 Å². The standard InChI is InChI=1S/C17H30/c1-6-8-9-16(7-2)12-17-14(4)11-10-13(3)15(17)5/h7,13,15-17H,2,4,6,8-12H2,1,3,5H3. The fraction of sp³-hybridized carbons (Fsp3) is 0.765. The summed E-state index contributed by atoms with van der Waals surface area (Å²) in [6, 6.07) is 0. The lowest BCUT2D eigenvalue weighted by Gasteiger charge is -2.37. The zero-order valence-electron chi connectivity index (χ0n) is 12.0. The van der Waals surface area contributed by atoms with E-state index in [4.69, 9.17) is 0 Å². The van der Waals surface area contributed by atoms with Crippen LogP contribution in [0.5, 0.6) is 0 Å². The number of rotatable bonds is 6. The summed E-state index contributed by atoms with van der Waals surface area (Å²) in [6.45, 7) is 15.4. The molecule has 0 saturated heterocycles. The molecule has 4 unspecified atom stereocenters.